The largest absolute Gasteiger partial charge is 0.352 e. The van der Waals surface area contributed by atoms with Crippen molar-refractivity contribution >= 4 is 17.7 Å². The first-order valence-corrected chi connectivity index (χ1v) is 11.8. The number of amides is 1. The van der Waals surface area contributed by atoms with Crippen molar-refractivity contribution in [3.05, 3.63) is 33.3 Å². The van der Waals surface area contributed by atoms with Crippen molar-refractivity contribution in [3.8, 4) is 0 Å². The van der Waals surface area contributed by atoms with Crippen LogP contribution < -0.4 is 10.9 Å². The number of nitrogens with zero attached hydrogens (tertiary/aromatic N) is 4. The fourth-order valence-corrected chi connectivity index (χ4v) is 4.47. The summed E-state index contributed by atoms with van der Waals surface area (Å²) in [6, 6.07) is 0.487. The van der Waals surface area contributed by atoms with Crippen molar-refractivity contribution in [2.75, 3.05) is 12.8 Å². The lowest BCUT2D eigenvalue weighted by molar-refractivity contribution is 0.0950. The minimum absolute atomic E-state index is 0.0850. The topological polar surface area (TPSA) is 106 Å². The van der Waals surface area contributed by atoms with Gasteiger partial charge in [-0.05, 0) is 32.4 Å². The van der Waals surface area contributed by atoms with Crippen molar-refractivity contribution in [1.82, 2.24) is 30.0 Å². The SMILES string of the molecule is CSc1nnc(CCCNC(=O)c2c(C)nc(C(C)(C)C)[nH]c2=O)n1C1CCCC1. The molecule has 9 heteroatoms. The predicted molar refractivity (Wildman–Crippen MR) is 118 cm³/mol. The molecular formula is C21H32N6O2S. The number of aromatic nitrogens is 5. The van der Waals surface area contributed by atoms with E-state index >= 15 is 0 Å². The molecule has 164 valence electrons. The van der Waals surface area contributed by atoms with Gasteiger partial charge in [0.1, 0.15) is 17.2 Å². The molecule has 1 aliphatic carbocycles. The monoisotopic (exact) mass is 432 g/mol. The van der Waals surface area contributed by atoms with Gasteiger partial charge in [-0.2, -0.15) is 0 Å². The second kappa shape index (κ2) is 9.32. The van der Waals surface area contributed by atoms with E-state index in [2.05, 4.69) is 30.0 Å². The maximum atomic E-state index is 12.6. The van der Waals surface area contributed by atoms with Gasteiger partial charge in [0.05, 0.1) is 5.69 Å². The van der Waals surface area contributed by atoms with E-state index in [-0.39, 0.29) is 16.9 Å². The molecule has 2 N–H and O–H groups in total. The van der Waals surface area contributed by atoms with Crippen LogP contribution in [0.3, 0.4) is 0 Å². The average molecular weight is 433 g/mol. The van der Waals surface area contributed by atoms with Gasteiger partial charge < -0.3 is 14.9 Å². The molecule has 0 aliphatic heterocycles. The van der Waals surface area contributed by atoms with E-state index in [9.17, 15) is 9.59 Å². The molecule has 1 aliphatic rings. The smallest absolute Gasteiger partial charge is 0.264 e. The van der Waals surface area contributed by atoms with E-state index in [0.29, 0.717) is 24.1 Å². The summed E-state index contributed by atoms with van der Waals surface area (Å²) in [5, 5.41) is 12.5. The molecule has 30 heavy (non-hydrogen) atoms. The van der Waals surface area contributed by atoms with Crippen molar-refractivity contribution in [1.29, 1.82) is 0 Å². The lowest BCUT2D eigenvalue weighted by Crippen LogP contribution is -2.34. The molecule has 2 heterocycles. The summed E-state index contributed by atoms with van der Waals surface area (Å²) >= 11 is 1.62. The van der Waals surface area contributed by atoms with Gasteiger partial charge in [-0.15, -0.1) is 10.2 Å². The van der Waals surface area contributed by atoms with E-state index in [1.807, 2.05) is 27.0 Å². The quantitative estimate of drug-likeness (QED) is 0.514. The lowest BCUT2D eigenvalue weighted by atomic mass is 9.95. The Labute approximate surface area is 181 Å². The second-order valence-corrected chi connectivity index (χ2v) is 9.67. The Kier molecular flexibility index (Phi) is 7.00. The Hall–Kier alpha value is -2.16. The second-order valence-electron chi connectivity index (χ2n) is 8.90. The Balaban J connectivity index is 1.61. The summed E-state index contributed by atoms with van der Waals surface area (Å²) in [5.41, 5.74) is -0.145. The first kappa shape index (κ1) is 22.5. The maximum Gasteiger partial charge on any atom is 0.264 e. The summed E-state index contributed by atoms with van der Waals surface area (Å²) < 4.78 is 2.28. The Bertz CT molecular complexity index is 953. The van der Waals surface area contributed by atoms with Gasteiger partial charge >= 0.3 is 0 Å². The molecular weight excluding hydrogens is 400 g/mol. The highest BCUT2D eigenvalue weighted by Crippen LogP contribution is 2.33. The molecule has 0 radical (unpaired) electrons. The fraction of sp³-hybridized carbons (Fsp3) is 0.667. The number of carbonyl (C=O) groups excluding carboxylic acids is 1. The normalized spacial score (nSPS) is 15.0. The number of aryl methyl sites for hydroxylation is 2. The zero-order valence-corrected chi connectivity index (χ0v) is 19.4. The fourth-order valence-electron chi connectivity index (χ4n) is 3.89. The highest BCUT2D eigenvalue weighted by molar-refractivity contribution is 7.98. The molecule has 1 fully saturated rings. The van der Waals surface area contributed by atoms with E-state index in [4.69, 9.17) is 0 Å². The molecule has 8 nitrogen and oxygen atoms in total. The van der Waals surface area contributed by atoms with Crippen LogP contribution in [0.4, 0.5) is 0 Å². The molecule has 3 rings (SSSR count). The van der Waals surface area contributed by atoms with Crippen molar-refractivity contribution < 1.29 is 4.79 Å². The van der Waals surface area contributed by atoms with E-state index < -0.39 is 5.56 Å². The van der Waals surface area contributed by atoms with E-state index in [1.165, 1.54) is 25.7 Å². The van der Waals surface area contributed by atoms with Gasteiger partial charge in [0.2, 0.25) is 0 Å². The zero-order valence-electron chi connectivity index (χ0n) is 18.5. The van der Waals surface area contributed by atoms with Crippen molar-refractivity contribution in [2.45, 2.75) is 82.8 Å². The molecule has 2 aromatic heterocycles. The van der Waals surface area contributed by atoms with Gasteiger partial charge in [-0.1, -0.05) is 45.4 Å². The van der Waals surface area contributed by atoms with Crippen LogP contribution in [-0.4, -0.2) is 43.4 Å². The number of aromatic amines is 1. The van der Waals surface area contributed by atoms with Crippen molar-refractivity contribution in [3.63, 3.8) is 0 Å². The summed E-state index contributed by atoms with van der Waals surface area (Å²) in [7, 11) is 0. The van der Waals surface area contributed by atoms with Gasteiger partial charge in [0.15, 0.2) is 5.16 Å². The van der Waals surface area contributed by atoms with Crippen LogP contribution >= 0.6 is 11.8 Å². The molecule has 2 aromatic rings. The summed E-state index contributed by atoms with van der Waals surface area (Å²) in [6.07, 6.45) is 8.35. The number of hydrogen-bond donors (Lipinski definition) is 2. The average Bonchev–Trinajstić information content (AvgIpc) is 3.32. The van der Waals surface area contributed by atoms with Crippen LogP contribution in [0.25, 0.3) is 0 Å². The molecule has 1 saturated carbocycles. The standard InChI is InChI=1S/C21H32N6O2S/c1-13-16(18(29)24-19(23-13)21(2,3)4)17(28)22-12-8-11-15-25-26-20(30-5)27(15)14-9-6-7-10-14/h14H,6-12H2,1-5H3,(H,22,28)(H,23,24,29). The number of carbonyl (C=O) groups is 1. The lowest BCUT2D eigenvalue weighted by Gasteiger charge is -2.18. The highest BCUT2D eigenvalue weighted by Gasteiger charge is 2.24. The van der Waals surface area contributed by atoms with Crippen LogP contribution in [0.1, 0.15) is 86.6 Å². The number of rotatable bonds is 7. The first-order valence-electron chi connectivity index (χ1n) is 10.6. The number of hydrogen-bond acceptors (Lipinski definition) is 6. The first-order chi connectivity index (χ1) is 14.2. The van der Waals surface area contributed by atoms with Crippen LogP contribution in [0.5, 0.6) is 0 Å². The molecule has 0 saturated heterocycles. The molecule has 0 spiro atoms. The number of nitrogens with one attached hydrogen (secondary N) is 2. The van der Waals surface area contributed by atoms with Gasteiger partial charge in [-0.3, -0.25) is 9.59 Å². The Morgan fingerprint density at radius 3 is 2.57 bits per heavy atom. The minimum atomic E-state index is -0.393. The third-order valence-electron chi connectivity index (χ3n) is 5.51. The van der Waals surface area contributed by atoms with Gasteiger partial charge in [-0.25, -0.2) is 4.98 Å². The maximum absolute atomic E-state index is 12.6. The van der Waals surface area contributed by atoms with Crippen LogP contribution in [0.15, 0.2) is 9.95 Å². The highest BCUT2D eigenvalue weighted by atomic mass is 32.2. The Morgan fingerprint density at radius 2 is 1.97 bits per heavy atom. The zero-order chi connectivity index (χ0) is 21.9. The molecule has 0 bridgehead atoms. The number of H-pyrrole nitrogens is 1. The summed E-state index contributed by atoms with van der Waals surface area (Å²) in [4.78, 5) is 32.2. The van der Waals surface area contributed by atoms with Crippen LogP contribution in [-0.2, 0) is 11.8 Å². The van der Waals surface area contributed by atoms with Crippen molar-refractivity contribution in [2.24, 2.45) is 0 Å². The van der Waals surface area contributed by atoms with E-state index in [1.54, 1.807) is 18.7 Å². The molecule has 1 amide bonds. The molecule has 0 unspecified atom stereocenters. The van der Waals surface area contributed by atoms with Gasteiger partial charge in [0.25, 0.3) is 11.5 Å². The Morgan fingerprint density at radius 1 is 1.27 bits per heavy atom. The minimum Gasteiger partial charge on any atom is -0.352 e. The molecule has 0 atom stereocenters. The number of thioether (sulfide) groups is 1. The third-order valence-corrected chi connectivity index (χ3v) is 6.15. The van der Waals surface area contributed by atoms with E-state index in [0.717, 1.165) is 23.8 Å². The van der Waals surface area contributed by atoms with Gasteiger partial charge in [0, 0.05) is 24.4 Å². The predicted octanol–water partition coefficient (Wildman–Crippen LogP) is 3.17. The van der Waals surface area contributed by atoms with Crippen LogP contribution in [0.2, 0.25) is 0 Å². The summed E-state index contributed by atoms with van der Waals surface area (Å²) in [6.45, 7) is 8.07. The third kappa shape index (κ3) is 4.94. The molecule has 0 aromatic carbocycles. The van der Waals surface area contributed by atoms with Crippen LogP contribution in [0, 0.1) is 6.92 Å². The summed E-state index contributed by atoms with van der Waals surface area (Å²) in [5.74, 6) is 1.17.